The molecule has 150 valence electrons. The Kier molecular flexibility index (Phi) is 5.71. The number of amides is 2. The van der Waals surface area contributed by atoms with Gasteiger partial charge >= 0.3 is 12.0 Å². The van der Waals surface area contributed by atoms with Crippen LogP contribution in [-0.2, 0) is 4.74 Å². The molecule has 1 aromatic carbocycles. The number of anilines is 1. The normalized spacial score (nSPS) is 11.6. The smallest absolute Gasteiger partial charge is 0.340 e. The highest BCUT2D eigenvalue weighted by molar-refractivity contribution is 5.94. The van der Waals surface area contributed by atoms with E-state index >= 15 is 0 Å². The van der Waals surface area contributed by atoms with Crippen molar-refractivity contribution in [2.75, 3.05) is 12.4 Å². The van der Waals surface area contributed by atoms with Crippen LogP contribution in [0.25, 0.3) is 5.95 Å². The molecule has 2 N–H and O–H groups in total. The highest BCUT2D eigenvalue weighted by Gasteiger charge is 2.21. The summed E-state index contributed by atoms with van der Waals surface area (Å²) >= 11 is 0. The van der Waals surface area contributed by atoms with Crippen LogP contribution in [0.1, 0.15) is 29.1 Å². The highest BCUT2D eigenvalue weighted by atomic mass is 19.1. The monoisotopic (exact) mass is 403 g/mol. The van der Waals surface area contributed by atoms with Crippen LogP contribution < -0.4 is 10.6 Å². The number of esters is 1. The summed E-state index contributed by atoms with van der Waals surface area (Å²) in [5, 5.41) is 8.78. The van der Waals surface area contributed by atoms with Crippen LogP contribution in [0.5, 0.6) is 0 Å². The van der Waals surface area contributed by atoms with Crippen molar-refractivity contribution in [2.24, 2.45) is 0 Å². The fourth-order valence-corrected chi connectivity index (χ4v) is 2.43. The molecule has 2 aromatic heterocycles. The Morgan fingerprint density at radius 1 is 1.14 bits per heavy atom. The van der Waals surface area contributed by atoms with Crippen molar-refractivity contribution in [3.63, 3.8) is 0 Å². The Labute approximate surface area is 163 Å². The van der Waals surface area contributed by atoms with Crippen LogP contribution in [0, 0.1) is 11.6 Å². The first kappa shape index (κ1) is 19.8. The van der Waals surface area contributed by atoms with E-state index in [2.05, 4.69) is 35.4 Å². The molecule has 0 fully saturated rings. The standard InChI is InChI=1S/C17H15F2N7O3/c1-9(14-22-8-23-26(14)16-20-4-3-5-21-16)24-17(28)25-13-6-10(15(27)29-2)11(18)7-12(13)19/h3-9H,1-2H3,(H2,24,25,28)/t9-/m0/s1. The molecule has 12 heteroatoms. The van der Waals surface area contributed by atoms with Gasteiger partial charge in [-0.3, -0.25) is 0 Å². The fourth-order valence-electron chi connectivity index (χ4n) is 2.43. The van der Waals surface area contributed by atoms with Crippen molar-refractivity contribution in [1.82, 2.24) is 30.0 Å². The SMILES string of the molecule is COC(=O)c1cc(NC(=O)N[C@@H](C)c2ncnn2-c2ncccn2)c(F)cc1F. The van der Waals surface area contributed by atoms with Crippen molar-refractivity contribution in [1.29, 1.82) is 0 Å². The minimum absolute atomic E-state index is 0.251. The lowest BCUT2D eigenvalue weighted by Gasteiger charge is -2.15. The molecule has 29 heavy (non-hydrogen) atoms. The first-order valence-electron chi connectivity index (χ1n) is 8.23. The van der Waals surface area contributed by atoms with Crippen LogP contribution in [0.4, 0.5) is 19.3 Å². The highest BCUT2D eigenvalue weighted by Crippen LogP contribution is 2.21. The summed E-state index contributed by atoms with van der Waals surface area (Å²) in [5.41, 5.74) is -0.914. The van der Waals surface area contributed by atoms with Gasteiger partial charge in [-0.2, -0.15) is 9.78 Å². The maximum absolute atomic E-state index is 14.0. The van der Waals surface area contributed by atoms with E-state index in [0.717, 1.165) is 13.2 Å². The molecule has 0 spiro atoms. The van der Waals surface area contributed by atoms with Crippen molar-refractivity contribution >= 4 is 17.7 Å². The lowest BCUT2D eigenvalue weighted by Crippen LogP contribution is -2.33. The molecule has 0 unspecified atom stereocenters. The van der Waals surface area contributed by atoms with Gasteiger partial charge in [0, 0.05) is 18.5 Å². The number of benzene rings is 1. The Morgan fingerprint density at radius 3 is 2.55 bits per heavy atom. The first-order valence-corrected chi connectivity index (χ1v) is 8.23. The molecule has 0 aliphatic rings. The number of carbonyl (C=O) groups is 2. The zero-order valence-corrected chi connectivity index (χ0v) is 15.3. The minimum Gasteiger partial charge on any atom is -0.465 e. The zero-order chi connectivity index (χ0) is 21.0. The number of aromatic nitrogens is 5. The van der Waals surface area contributed by atoms with E-state index in [0.29, 0.717) is 11.9 Å². The second-order valence-electron chi connectivity index (χ2n) is 5.70. The number of hydrogen-bond acceptors (Lipinski definition) is 7. The van der Waals surface area contributed by atoms with Crippen molar-refractivity contribution < 1.29 is 23.1 Å². The molecule has 0 radical (unpaired) electrons. The van der Waals surface area contributed by atoms with Gasteiger partial charge in [0.25, 0.3) is 5.95 Å². The Hall–Kier alpha value is -3.96. The van der Waals surface area contributed by atoms with Gasteiger partial charge in [-0.15, -0.1) is 0 Å². The van der Waals surface area contributed by atoms with Gasteiger partial charge < -0.3 is 15.4 Å². The van der Waals surface area contributed by atoms with E-state index in [-0.39, 0.29) is 5.95 Å². The Morgan fingerprint density at radius 2 is 1.86 bits per heavy atom. The van der Waals surface area contributed by atoms with E-state index < -0.39 is 40.9 Å². The van der Waals surface area contributed by atoms with E-state index in [9.17, 15) is 18.4 Å². The number of nitrogens with one attached hydrogen (secondary N) is 2. The maximum atomic E-state index is 14.0. The lowest BCUT2D eigenvalue weighted by molar-refractivity contribution is 0.0595. The third kappa shape index (κ3) is 4.31. The van der Waals surface area contributed by atoms with Gasteiger partial charge in [-0.05, 0) is 19.1 Å². The third-order valence-corrected chi connectivity index (χ3v) is 3.76. The molecule has 1 atom stereocenters. The largest absolute Gasteiger partial charge is 0.465 e. The van der Waals surface area contributed by atoms with Gasteiger partial charge in [0.2, 0.25) is 0 Å². The van der Waals surface area contributed by atoms with Gasteiger partial charge in [-0.1, -0.05) is 0 Å². The average Bonchev–Trinajstić information content (AvgIpc) is 3.20. The van der Waals surface area contributed by atoms with Crippen molar-refractivity contribution in [3.05, 3.63) is 59.9 Å². The summed E-state index contributed by atoms with van der Waals surface area (Å²) in [5.74, 6) is -2.60. The molecular formula is C17H15F2N7O3. The number of hydrogen-bond donors (Lipinski definition) is 2. The molecule has 0 saturated heterocycles. The second-order valence-corrected chi connectivity index (χ2v) is 5.70. The van der Waals surface area contributed by atoms with Crippen LogP contribution in [0.15, 0.2) is 36.9 Å². The summed E-state index contributed by atoms with van der Waals surface area (Å²) in [6.07, 6.45) is 4.31. The van der Waals surface area contributed by atoms with Crippen molar-refractivity contribution in [3.8, 4) is 5.95 Å². The quantitative estimate of drug-likeness (QED) is 0.625. The maximum Gasteiger partial charge on any atom is 0.340 e. The number of nitrogens with zero attached hydrogens (tertiary/aromatic N) is 5. The van der Waals surface area contributed by atoms with Crippen LogP contribution in [-0.4, -0.2) is 43.8 Å². The molecule has 3 rings (SSSR count). The van der Waals surface area contributed by atoms with Crippen LogP contribution in [0.2, 0.25) is 0 Å². The predicted octanol–water partition coefficient (Wildman–Crippen LogP) is 2.00. The van der Waals surface area contributed by atoms with Crippen molar-refractivity contribution in [2.45, 2.75) is 13.0 Å². The molecule has 0 bridgehead atoms. The van der Waals surface area contributed by atoms with Crippen LogP contribution in [0.3, 0.4) is 0 Å². The number of carbonyl (C=O) groups excluding carboxylic acids is 2. The Balaban J connectivity index is 1.75. The lowest BCUT2D eigenvalue weighted by atomic mass is 10.2. The molecule has 2 heterocycles. The number of urea groups is 1. The number of methoxy groups -OCH3 is 1. The van der Waals surface area contributed by atoms with E-state index in [1.165, 1.54) is 23.4 Å². The number of ether oxygens (including phenoxy) is 1. The molecule has 10 nitrogen and oxygen atoms in total. The van der Waals surface area contributed by atoms with Gasteiger partial charge in [0.05, 0.1) is 24.4 Å². The van der Waals surface area contributed by atoms with Gasteiger partial charge in [0.1, 0.15) is 18.0 Å². The average molecular weight is 403 g/mol. The molecule has 3 aromatic rings. The topological polar surface area (TPSA) is 124 Å². The second kappa shape index (κ2) is 8.37. The zero-order valence-electron chi connectivity index (χ0n) is 15.3. The molecule has 2 amide bonds. The molecular weight excluding hydrogens is 388 g/mol. The van der Waals surface area contributed by atoms with E-state index in [1.54, 1.807) is 13.0 Å². The molecule has 0 aliphatic carbocycles. The summed E-state index contributed by atoms with van der Waals surface area (Å²) < 4.78 is 33.4. The predicted molar refractivity (Wildman–Crippen MR) is 95.2 cm³/mol. The van der Waals surface area contributed by atoms with E-state index in [4.69, 9.17) is 0 Å². The minimum atomic E-state index is -1.11. The molecule has 0 aliphatic heterocycles. The van der Waals surface area contributed by atoms with Gasteiger partial charge in [-0.25, -0.2) is 33.3 Å². The van der Waals surface area contributed by atoms with Gasteiger partial charge in [0.15, 0.2) is 5.82 Å². The number of halogens is 2. The summed E-state index contributed by atoms with van der Waals surface area (Å²) in [6.45, 7) is 1.62. The Bertz CT molecular complexity index is 1040. The molecule has 0 saturated carbocycles. The first-order chi connectivity index (χ1) is 13.9. The number of rotatable bonds is 5. The van der Waals surface area contributed by atoms with Crippen LogP contribution >= 0.6 is 0 Å². The fraction of sp³-hybridized carbons (Fsp3) is 0.176. The summed E-state index contributed by atoms with van der Waals surface area (Å²) in [7, 11) is 1.05. The summed E-state index contributed by atoms with van der Waals surface area (Å²) in [4.78, 5) is 36.0. The third-order valence-electron chi connectivity index (χ3n) is 3.76. The summed E-state index contributed by atoms with van der Waals surface area (Å²) in [6, 6.07) is 1.47. The van der Waals surface area contributed by atoms with E-state index in [1.807, 2.05) is 0 Å².